The summed E-state index contributed by atoms with van der Waals surface area (Å²) in [5, 5.41) is 3.91. The Kier molecular flexibility index (Phi) is 6.57. The lowest BCUT2D eigenvalue weighted by molar-refractivity contribution is -0.121. The summed E-state index contributed by atoms with van der Waals surface area (Å²) >= 11 is 0. The van der Waals surface area contributed by atoms with Gasteiger partial charge in [-0.2, -0.15) is 5.10 Å². The summed E-state index contributed by atoms with van der Waals surface area (Å²) in [4.78, 5) is 12.4. The monoisotopic (exact) mass is 389 g/mol. The molecule has 0 aliphatic rings. The highest BCUT2D eigenvalue weighted by molar-refractivity contribution is 7.92. The average Bonchev–Trinajstić information content (AvgIpc) is 2.62. The molecule has 144 valence electrons. The number of benzene rings is 2. The fourth-order valence-electron chi connectivity index (χ4n) is 2.45. The average molecular weight is 389 g/mol. The van der Waals surface area contributed by atoms with Crippen molar-refractivity contribution >= 4 is 27.8 Å². The third-order valence-electron chi connectivity index (χ3n) is 3.88. The minimum absolute atomic E-state index is 0.364. The van der Waals surface area contributed by atoms with E-state index in [1.54, 1.807) is 24.3 Å². The van der Waals surface area contributed by atoms with Gasteiger partial charge < -0.3 is 4.74 Å². The number of amides is 1. The van der Waals surface area contributed by atoms with Crippen LogP contribution in [0, 0.1) is 6.92 Å². The third-order valence-corrected chi connectivity index (χ3v) is 5.12. The number of carbonyl (C=O) groups is 1. The van der Waals surface area contributed by atoms with Crippen LogP contribution >= 0.6 is 0 Å². The van der Waals surface area contributed by atoms with Crippen LogP contribution in [0.25, 0.3) is 0 Å². The molecule has 0 heterocycles. The molecule has 27 heavy (non-hydrogen) atoms. The van der Waals surface area contributed by atoms with Crippen molar-refractivity contribution in [2.75, 3.05) is 17.7 Å². The second-order valence-electron chi connectivity index (χ2n) is 6.08. The summed E-state index contributed by atoms with van der Waals surface area (Å²) in [6.45, 7) is 3.48. The molecule has 2 aromatic carbocycles. The zero-order chi connectivity index (χ0) is 20.0. The van der Waals surface area contributed by atoms with Gasteiger partial charge in [0, 0.05) is 0 Å². The maximum atomic E-state index is 12.4. The number of nitrogens with one attached hydrogen (secondary N) is 1. The Morgan fingerprint density at radius 2 is 1.74 bits per heavy atom. The summed E-state index contributed by atoms with van der Waals surface area (Å²) in [5.41, 5.74) is 4.70. The van der Waals surface area contributed by atoms with Crippen LogP contribution in [0.1, 0.15) is 18.1 Å². The second-order valence-corrected chi connectivity index (χ2v) is 7.94. The fraction of sp³-hybridized carbons (Fsp3) is 0.263. The van der Waals surface area contributed by atoms with E-state index >= 15 is 0 Å². The molecular weight excluding hydrogens is 366 g/mol. The van der Waals surface area contributed by atoms with Crippen molar-refractivity contribution in [3.63, 3.8) is 0 Å². The molecule has 0 aliphatic heterocycles. The van der Waals surface area contributed by atoms with Crippen molar-refractivity contribution in [2.45, 2.75) is 19.9 Å². The highest BCUT2D eigenvalue weighted by Gasteiger charge is 2.29. The molecule has 0 unspecified atom stereocenters. The van der Waals surface area contributed by atoms with Crippen molar-refractivity contribution in [1.82, 2.24) is 5.43 Å². The van der Waals surface area contributed by atoms with E-state index in [0.29, 0.717) is 11.4 Å². The van der Waals surface area contributed by atoms with E-state index in [2.05, 4.69) is 10.5 Å². The van der Waals surface area contributed by atoms with Crippen LogP contribution < -0.4 is 14.5 Å². The normalized spacial score (nSPS) is 12.6. The van der Waals surface area contributed by atoms with Gasteiger partial charge in [0.2, 0.25) is 10.0 Å². The van der Waals surface area contributed by atoms with Gasteiger partial charge in [0.15, 0.2) is 0 Å². The largest absolute Gasteiger partial charge is 0.497 e. The minimum atomic E-state index is -3.68. The first-order valence-electron chi connectivity index (χ1n) is 8.25. The predicted molar refractivity (Wildman–Crippen MR) is 107 cm³/mol. The first-order chi connectivity index (χ1) is 12.7. The van der Waals surface area contributed by atoms with Crippen LogP contribution in [0.15, 0.2) is 53.6 Å². The maximum absolute atomic E-state index is 12.4. The molecule has 0 fully saturated rings. The highest BCUT2D eigenvalue weighted by atomic mass is 32.2. The molecule has 0 spiro atoms. The van der Waals surface area contributed by atoms with Crippen LogP contribution in [0.5, 0.6) is 5.75 Å². The molecule has 0 saturated heterocycles. The topological polar surface area (TPSA) is 88.1 Å². The first-order valence-corrected chi connectivity index (χ1v) is 10.1. The minimum Gasteiger partial charge on any atom is -0.497 e. The molecule has 0 bridgehead atoms. The zero-order valence-electron chi connectivity index (χ0n) is 15.7. The molecule has 1 N–H and O–H groups in total. The van der Waals surface area contributed by atoms with Crippen molar-refractivity contribution in [3.05, 3.63) is 59.7 Å². The highest BCUT2D eigenvalue weighted by Crippen LogP contribution is 2.23. The lowest BCUT2D eigenvalue weighted by atomic mass is 10.2. The molecule has 2 rings (SSSR count). The Morgan fingerprint density at radius 1 is 1.15 bits per heavy atom. The third kappa shape index (κ3) is 5.55. The molecule has 0 saturated carbocycles. The maximum Gasteiger partial charge on any atom is 0.263 e. The van der Waals surface area contributed by atoms with Crippen molar-refractivity contribution in [2.24, 2.45) is 5.10 Å². The van der Waals surface area contributed by atoms with E-state index in [0.717, 1.165) is 21.7 Å². The standard InChI is InChI=1S/C19H23N3O4S/c1-14-5-7-16(8-6-14)13-20-21-19(23)15(2)22(27(4,24)25)17-9-11-18(26-3)12-10-17/h5-13,15H,1-4H3,(H,21,23)/b20-13-/t15-/m0/s1. The lowest BCUT2D eigenvalue weighted by Gasteiger charge is -2.27. The van der Waals surface area contributed by atoms with Gasteiger partial charge in [0.25, 0.3) is 5.91 Å². The molecule has 1 amide bonds. The number of rotatable bonds is 7. The van der Waals surface area contributed by atoms with Crippen molar-refractivity contribution in [1.29, 1.82) is 0 Å². The summed E-state index contributed by atoms with van der Waals surface area (Å²) in [6, 6.07) is 13.0. The summed E-state index contributed by atoms with van der Waals surface area (Å²) < 4.78 is 30.6. The number of hydrogen-bond acceptors (Lipinski definition) is 5. The molecule has 0 radical (unpaired) electrons. The SMILES string of the molecule is COc1ccc(N([C@@H](C)C(=O)N/N=C\c2ccc(C)cc2)S(C)(=O)=O)cc1. The van der Waals surface area contributed by atoms with Crippen molar-refractivity contribution in [3.8, 4) is 5.75 Å². The van der Waals surface area contributed by atoms with Gasteiger partial charge in [-0.05, 0) is 43.7 Å². The molecule has 0 aromatic heterocycles. The van der Waals surface area contributed by atoms with Crippen LogP contribution in [0.2, 0.25) is 0 Å². The van der Waals surface area contributed by atoms with Crippen LogP contribution in [0.4, 0.5) is 5.69 Å². The number of sulfonamides is 1. The van der Waals surface area contributed by atoms with Gasteiger partial charge in [-0.1, -0.05) is 29.8 Å². The smallest absolute Gasteiger partial charge is 0.263 e. The number of carbonyl (C=O) groups excluding carboxylic acids is 1. The van der Waals surface area contributed by atoms with E-state index in [1.165, 1.54) is 20.2 Å². The Labute approximate surface area is 159 Å². The first kappa shape index (κ1) is 20.4. The van der Waals surface area contributed by atoms with Crippen LogP contribution in [0.3, 0.4) is 0 Å². The number of nitrogens with zero attached hydrogens (tertiary/aromatic N) is 2. The Balaban J connectivity index is 2.15. The second kappa shape index (κ2) is 8.68. The van der Waals surface area contributed by atoms with E-state index in [-0.39, 0.29) is 0 Å². The van der Waals surface area contributed by atoms with Crippen molar-refractivity contribution < 1.29 is 17.9 Å². The van der Waals surface area contributed by atoms with Gasteiger partial charge in [0.05, 0.1) is 25.3 Å². The molecule has 0 aliphatic carbocycles. The van der Waals surface area contributed by atoms with Gasteiger partial charge in [-0.15, -0.1) is 0 Å². The molecule has 8 heteroatoms. The van der Waals surface area contributed by atoms with Crippen LogP contribution in [-0.4, -0.2) is 39.9 Å². The Bertz CT molecular complexity index is 907. The summed E-state index contributed by atoms with van der Waals surface area (Å²) in [6.07, 6.45) is 2.55. The number of methoxy groups -OCH3 is 1. The van der Waals surface area contributed by atoms with E-state index in [9.17, 15) is 13.2 Å². The zero-order valence-corrected chi connectivity index (χ0v) is 16.5. The molecule has 7 nitrogen and oxygen atoms in total. The van der Waals surface area contributed by atoms with Gasteiger partial charge in [-0.3, -0.25) is 9.10 Å². The van der Waals surface area contributed by atoms with Crippen LogP contribution in [-0.2, 0) is 14.8 Å². The number of aryl methyl sites for hydroxylation is 1. The van der Waals surface area contributed by atoms with E-state index in [1.807, 2.05) is 31.2 Å². The summed E-state index contributed by atoms with van der Waals surface area (Å²) in [7, 11) is -2.16. The molecular formula is C19H23N3O4S. The van der Waals surface area contributed by atoms with Gasteiger partial charge in [-0.25, -0.2) is 13.8 Å². The number of anilines is 1. The molecule has 1 atom stereocenters. The number of hydrazone groups is 1. The van der Waals surface area contributed by atoms with E-state index in [4.69, 9.17) is 4.74 Å². The van der Waals surface area contributed by atoms with Gasteiger partial charge >= 0.3 is 0 Å². The Morgan fingerprint density at radius 3 is 2.26 bits per heavy atom. The fourth-order valence-corrected chi connectivity index (χ4v) is 3.63. The quantitative estimate of drug-likeness (QED) is 0.581. The van der Waals surface area contributed by atoms with Gasteiger partial charge in [0.1, 0.15) is 11.8 Å². The summed E-state index contributed by atoms with van der Waals surface area (Å²) in [5.74, 6) is 0.0478. The Hall–Kier alpha value is -2.87. The number of hydrogen-bond donors (Lipinski definition) is 1. The lowest BCUT2D eigenvalue weighted by Crippen LogP contribution is -2.46. The molecule has 2 aromatic rings. The van der Waals surface area contributed by atoms with E-state index < -0.39 is 22.0 Å². The number of ether oxygens (including phenoxy) is 1. The predicted octanol–water partition coefficient (Wildman–Crippen LogP) is 2.31.